The summed E-state index contributed by atoms with van der Waals surface area (Å²) in [5, 5.41) is 22.1. The zero-order chi connectivity index (χ0) is 12.2. The first-order valence-electron chi connectivity index (χ1n) is 5.62. The number of carboxylic acid groups (broad SMARTS) is 2. The van der Waals surface area contributed by atoms with Crippen molar-refractivity contribution < 1.29 is 19.8 Å². The van der Waals surface area contributed by atoms with Crippen LogP contribution in [0.25, 0.3) is 0 Å². The summed E-state index contributed by atoms with van der Waals surface area (Å²) < 4.78 is 0. The van der Waals surface area contributed by atoms with Crippen molar-refractivity contribution >= 4 is 11.9 Å². The molecule has 0 saturated heterocycles. The topological polar surface area (TPSA) is 80.3 Å². The molecule has 1 aromatic carbocycles. The standard InChI is InChI=1S/C13H12O4/c14-12(15)8-5-9(13(16)17)11-7-4-2-1-3-6(7)10(8)11/h1-4,8-11H,5H2,(H,14,15)(H,16,17)/p-2/t8-,9+,10-,11?/m1/s1. The Labute approximate surface area is 97.9 Å². The monoisotopic (exact) mass is 230 g/mol. The summed E-state index contributed by atoms with van der Waals surface area (Å²) in [4.78, 5) is 22.1. The van der Waals surface area contributed by atoms with Gasteiger partial charge >= 0.3 is 0 Å². The van der Waals surface area contributed by atoms with Gasteiger partial charge in [0.2, 0.25) is 0 Å². The van der Waals surface area contributed by atoms with Crippen LogP contribution in [-0.2, 0) is 9.59 Å². The van der Waals surface area contributed by atoms with Crippen molar-refractivity contribution in [2.24, 2.45) is 11.8 Å². The maximum Gasteiger partial charge on any atom is 0.0451 e. The Bertz CT molecular complexity index is 463. The van der Waals surface area contributed by atoms with Crippen LogP contribution in [0.15, 0.2) is 24.3 Å². The molecule has 0 aromatic heterocycles. The van der Waals surface area contributed by atoms with E-state index in [0.717, 1.165) is 11.1 Å². The van der Waals surface area contributed by atoms with Gasteiger partial charge in [-0.05, 0) is 29.4 Å². The molecule has 1 aromatic rings. The second kappa shape index (κ2) is 3.32. The van der Waals surface area contributed by atoms with Gasteiger partial charge in [-0.2, -0.15) is 0 Å². The van der Waals surface area contributed by atoms with Gasteiger partial charge in [-0.15, -0.1) is 0 Å². The Morgan fingerprint density at radius 3 is 1.71 bits per heavy atom. The van der Waals surface area contributed by atoms with Crippen molar-refractivity contribution in [3.63, 3.8) is 0 Å². The zero-order valence-electron chi connectivity index (χ0n) is 8.96. The molecule has 0 heterocycles. The molecule has 0 spiro atoms. The van der Waals surface area contributed by atoms with Gasteiger partial charge in [-0.25, -0.2) is 0 Å². The van der Waals surface area contributed by atoms with Gasteiger partial charge in [-0.3, -0.25) is 0 Å². The van der Waals surface area contributed by atoms with E-state index in [4.69, 9.17) is 0 Å². The molecule has 0 amide bonds. The summed E-state index contributed by atoms with van der Waals surface area (Å²) in [6.45, 7) is 0. The van der Waals surface area contributed by atoms with Gasteiger partial charge in [0.05, 0.1) is 0 Å². The predicted octanol–water partition coefficient (Wildman–Crippen LogP) is -0.997. The van der Waals surface area contributed by atoms with Crippen molar-refractivity contribution in [1.82, 2.24) is 0 Å². The predicted molar refractivity (Wildman–Crippen MR) is 53.5 cm³/mol. The maximum absolute atomic E-state index is 11.0. The molecule has 1 saturated carbocycles. The number of carbonyl (C=O) groups is 2. The van der Waals surface area contributed by atoms with Crippen LogP contribution >= 0.6 is 0 Å². The quantitative estimate of drug-likeness (QED) is 0.653. The highest BCUT2D eigenvalue weighted by Gasteiger charge is 2.52. The van der Waals surface area contributed by atoms with Crippen molar-refractivity contribution in [3.8, 4) is 0 Å². The largest absolute Gasteiger partial charge is 0.550 e. The number of aliphatic carboxylic acids is 2. The van der Waals surface area contributed by atoms with Gasteiger partial charge in [0, 0.05) is 23.8 Å². The summed E-state index contributed by atoms with van der Waals surface area (Å²) in [5.41, 5.74) is 1.91. The van der Waals surface area contributed by atoms with Gasteiger partial charge < -0.3 is 19.8 Å². The van der Waals surface area contributed by atoms with E-state index in [9.17, 15) is 19.8 Å². The van der Waals surface area contributed by atoms with Crippen LogP contribution in [0.2, 0.25) is 0 Å². The third kappa shape index (κ3) is 1.24. The minimum absolute atomic E-state index is 0.120. The fourth-order valence-electron chi connectivity index (χ4n) is 3.40. The number of hydrogen-bond donors (Lipinski definition) is 0. The molecule has 0 radical (unpaired) electrons. The normalized spacial score (nSPS) is 33.4. The average Bonchev–Trinajstić information content (AvgIpc) is 2.61. The third-order valence-corrected chi connectivity index (χ3v) is 4.08. The van der Waals surface area contributed by atoms with Gasteiger partial charge in [0.15, 0.2) is 0 Å². The summed E-state index contributed by atoms with van der Waals surface area (Å²) in [6, 6.07) is 7.41. The fourth-order valence-corrected chi connectivity index (χ4v) is 3.40. The SMILES string of the molecule is O=C([O-])[C@H]1C[C@@H](C(=O)[O-])[C@H]2c3ccccc3C12. The zero-order valence-corrected chi connectivity index (χ0v) is 8.96. The fraction of sp³-hybridized carbons (Fsp3) is 0.385. The van der Waals surface area contributed by atoms with Gasteiger partial charge in [-0.1, -0.05) is 24.3 Å². The summed E-state index contributed by atoms with van der Waals surface area (Å²) in [6.07, 6.45) is 0.120. The molecular formula is C13H10O4-2. The van der Waals surface area contributed by atoms with E-state index in [1.807, 2.05) is 24.3 Å². The van der Waals surface area contributed by atoms with Crippen molar-refractivity contribution in [3.05, 3.63) is 35.4 Å². The van der Waals surface area contributed by atoms with Crippen molar-refractivity contribution in [2.45, 2.75) is 18.3 Å². The lowest BCUT2D eigenvalue weighted by Crippen LogP contribution is -2.38. The number of fused-ring (bicyclic) bond motifs is 4. The van der Waals surface area contributed by atoms with E-state index in [-0.39, 0.29) is 18.3 Å². The lowest BCUT2D eigenvalue weighted by Gasteiger charge is -2.40. The minimum Gasteiger partial charge on any atom is -0.550 e. The lowest BCUT2D eigenvalue weighted by molar-refractivity contribution is -0.313. The summed E-state index contributed by atoms with van der Waals surface area (Å²) >= 11 is 0. The molecule has 4 heteroatoms. The number of hydrogen-bond acceptors (Lipinski definition) is 4. The van der Waals surface area contributed by atoms with Crippen molar-refractivity contribution in [2.75, 3.05) is 0 Å². The second-order valence-corrected chi connectivity index (χ2v) is 4.77. The molecule has 0 bridgehead atoms. The second-order valence-electron chi connectivity index (χ2n) is 4.77. The van der Waals surface area contributed by atoms with Crippen LogP contribution in [0.1, 0.15) is 29.4 Å². The molecule has 2 aliphatic carbocycles. The van der Waals surface area contributed by atoms with Crippen LogP contribution in [0.5, 0.6) is 0 Å². The highest BCUT2D eigenvalue weighted by molar-refractivity contribution is 5.78. The highest BCUT2D eigenvalue weighted by Crippen LogP contribution is 2.61. The number of benzene rings is 1. The molecule has 0 N–H and O–H groups in total. The molecule has 4 nitrogen and oxygen atoms in total. The first-order valence-corrected chi connectivity index (χ1v) is 5.62. The van der Waals surface area contributed by atoms with E-state index in [1.54, 1.807) is 0 Å². The Morgan fingerprint density at radius 1 is 0.941 bits per heavy atom. The van der Waals surface area contributed by atoms with Gasteiger partial charge in [0.25, 0.3) is 0 Å². The Morgan fingerprint density at radius 2 is 1.35 bits per heavy atom. The molecule has 88 valence electrons. The summed E-state index contributed by atoms with van der Waals surface area (Å²) in [7, 11) is 0. The van der Waals surface area contributed by atoms with Crippen LogP contribution in [0.3, 0.4) is 0 Å². The Kier molecular flexibility index (Phi) is 2.02. The molecular weight excluding hydrogens is 220 g/mol. The molecule has 3 rings (SSSR count). The average molecular weight is 230 g/mol. The van der Waals surface area contributed by atoms with E-state index in [0.29, 0.717) is 0 Å². The number of carbonyl (C=O) groups excluding carboxylic acids is 2. The third-order valence-electron chi connectivity index (χ3n) is 4.08. The molecule has 1 fully saturated rings. The van der Waals surface area contributed by atoms with Crippen molar-refractivity contribution in [1.29, 1.82) is 0 Å². The first kappa shape index (κ1) is 10.3. The number of rotatable bonds is 2. The Balaban J connectivity index is 2.05. The molecule has 4 atom stereocenters. The van der Waals surface area contributed by atoms with Crippen LogP contribution in [0.4, 0.5) is 0 Å². The number of carboxylic acids is 2. The molecule has 0 aliphatic heterocycles. The van der Waals surface area contributed by atoms with E-state index >= 15 is 0 Å². The van der Waals surface area contributed by atoms with E-state index in [1.165, 1.54) is 0 Å². The smallest absolute Gasteiger partial charge is 0.0451 e. The van der Waals surface area contributed by atoms with E-state index < -0.39 is 23.8 Å². The van der Waals surface area contributed by atoms with Gasteiger partial charge in [0.1, 0.15) is 0 Å². The molecule has 17 heavy (non-hydrogen) atoms. The van der Waals surface area contributed by atoms with E-state index in [2.05, 4.69) is 0 Å². The van der Waals surface area contributed by atoms with Crippen LogP contribution < -0.4 is 10.2 Å². The maximum atomic E-state index is 11.0. The summed E-state index contributed by atoms with van der Waals surface area (Å²) in [5.74, 6) is -4.12. The lowest BCUT2D eigenvalue weighted by atomic mass is 9.65. The molecule has 2 aliphatic rings. The highest BCUT2D eigenvalue weighted by atomic mass is 16.4. The minimum atomic E-state index is -1.15. The first-order chi connectivity index (χ1) is 8.11. The molecule has 1 unspecified atom stereocenters. The Hall–Kier alpha value is -1.84. The van der Waals surface area contributed by atoms with Crippen LogP contribution in [-0.4, -0.2) is 11.9 Å². The van der Waals surface area contributed by atoms with Crippen LogP contribution in [0, 0.1) is 11.8 Å².